The topological polar surface area (TPSA) is 55.3 Å². The van der Waals surface area contributed by atoms with Crippen LogP contribution in [0.5, 0.6) is 5.75 Å². The summed E-state index contributed by atoms with van der Waals surface area (Å²) in [6, 6.07) is 8.08. The Labute approximate surface area is 136 Å². The van der Waals surface area contributed by atoms with Crippen molar-refractivity contribution < 1.29 is 9.53 Å². The van der Waals surface area contributed by atoms with Crippen LogP contribution in [-0.4, -0.2) is 40.0 Å². The van der Waals surface area contributed by atoms with E-state index in [9.17, 15) is 4.79 Å². The number of aromatic nitrogens is 2. The second-order valence-electron chi connectivity index (χ2n) is 5.94. The monoisotopic (exact) mass is 311 g/mol. The van der Waals surface area contributed by atoms with Gasteiger partial charge in [-0.15, -0.1) is 0 Å². The number of aryl methyl sites for hydroxylation is 2. The summed E-state index contributed by atoms with van der Waals surface area (Å²) in [6.45, 7) is 5.26. The first-order valence-electron chi connectivity index (χ1n) is 7.93. The van der Waals surface area contributed by atoms with E-state index in [-0.39, 0.29) is 12.0 Å². The van der Waals surface area contributed by atoms with Crippen LogP contribution < -0.4 is 4.74 Å². The molecule has 0 N–H and O–H groups in total. The third-order valence-electron chi connectivity index (χ3n) is 4.05. The van der Waals surface area contributed by atoms with Crippen molar-refractivity contribution in [3.63, 3.8) is 0 Å². The van der Waals surface area contributed by atoms with E-state index < -0.39 is 0 Å². The van der Waals surface area contributed by atoms with Crippen molar-refractivity contribution in [1.82, 2.24) is 14.9 Å². The molecule has 3 rings (SSSR count). The maximum absolute atomic E-state index is 12.4. The molecule has 120 valence electrons. The highest BCUT2D eigenvalue weighted by Gasteiger charge is 2.25. The van der Waals surface area contributed by atoms with Gasteiger partial charge in [0, 0.05) is 38.3 Å². The van der Waals surface area contributed by atoms with E-state index in [1.807, 2.05) is 30.0 Å². The molecule has 1 fully saturated rings. The lowest BCUT2D eigenvalue weighted by Gasteiger charge is -2.32. The highest BCUT2D eigenvalue weighted by molar-refractivity contribution is 5.93. The summed E-state index contributed by atoms with van der Waals surface area (Å²) >= 11 is 0. The molecule has 5 heteroatoms. The predicted molar refractivity (Wildman–Crippen MR) is 87.5 cm³/mol. The van der Waals surface area contributed by atoms with Crippen molar-refractivity contribution in [3.8, 4) is 5.75 Å². The summed E-state index contributed by atoms with van der Waals surface area (Å²) in [6.07, 6.45) is 5.04. The van der Waals surface area contributed by atoms with Gasteiger partial charge in [0.05, 0.1) is 5.56 Å². The Hall–Kier alpha value is -2.43. The van der Waals surface area contributed by atoms with Gasteiger partial charge in [-0.1, -0.05) is 12.1 Å². The summed E-state index contributed by atoms with van der Waals surface area (Å²) in [4.78, 5) is 22.5. The van der Waals surface area contributed by atoms with Crippen LogP contribution in [-0.2, 0) is 0 Å². The molecule has 1 saturated heterocycles. The fourth-order valence-electron chi connectivity index (χ4n) is 2.74. The minimum absolute atomic E-state index is 0.000921. The lowest BCUT2D eigenvalue weighted by atomic mass is 10.1. The molecule has 0 saturated carbocycles. The number of carbonyl (C=O) groups excluding carboxylic acids is 1. The van der Waals surface area contributed by atoms with Crippen molar-refractivity contribution in [3.05, 3.63) is 53.6 Å². The van der Waals surface area contributed by atoms with Crippen LogP contribution in [0.4, 0.5) is 0 Å². The van der Waals surface area contributed by atoms with E-state index in [2.05, 4.69) is 23.0 Å². The van der Waals surface area contributed by atoms with Crippen LogP contribution in [0.1, 0.15) is 34.6 Å². The van der Waals surface area contributed by atoms with Crippen molar-refractivity contribution >= 4 is 5.91 Å². The van der Waals surface area contributed by atoms with Gasteiger partial charge in [0.2, 0.25) is 0 Å². The molecule has 0 atom stereocenters. The van der Waals surface area contributed by atoms with Crippen LogP contribution in [0.25, 0.3) is 0 Å². The number of piperidine rings is 1. The Morgan fingerprint density at radius 3 is 2.52 bits per heavy atom. The highest BCUT2D eigenvalue weighted by atomic mass is 16.5. The Bertz CT molecular complexity index is 677. The van der Waals surface area contributed by atoms with Crippen LogP contribution in [0, 0.1) is 13.8 Å². The molecule has 1 aliphatic heterocycles. The number of ether oxygens (including phenoxy) is 1. The van der Waals surface area contributed by atoms with Gasteiger partial charge in [0.15, 0.2) is 0 Å². The molecule has 2 heterocycles. The summed E-state index contributed by atoms with van der Waals surface area (Å²) in [5.41, 5.74) is 1.74. The largest absolute Gasteiger partial charge is 0.490 e. The number of hydrogen-bond donors (Lipinski definition) is 0. The van der Waals surface area contributed by atoms with Crippen molar-refractivity contribution in [1.29, 1.82) is 0 Å². The zero-order chi connectivity index (χ0) is 16.2. The van der Waals surface area contributed by atoms with Gasteiger partial charge >= 0.3 is 0 Å². The molecular formula is C18H21N3O2. The van der Waals surface area contributed by atoms with Crippen molar-refractivity contribution in [2.75, 3.05) is 13.1 Å². The average molecular weight is 311 g/mol. The zero-order valence-corrected chi connectivity index (χ0v) is 13.5. The minimum atomic E-state index is -0.000921. The molecule has 0 radical (unpaired) electrons. The van der Waals surface area contributed by atoms with Gasteiger partial charge in [-0.2, -0.15) is 0 Å². The third kappa shape index (κ3) is 3.86. The molecule has 5 nitrogen and oxygen atoms in total. The Morgan fingerprint density at radius 1 is 1.17 bits per heavy atom. The fourth-order valence-corrected chi connectivity index (χ4v) is 2.74. The summed E-state index contributed by atoms with van der Waals surface area (Å²) in [5, 5.41) is 0. The molecule has 0 bridgehead atoms. The van der Waals surface area contributed by atoms with E-state index in [4.69, 9.17) is 4.74 Å². The molecule has 0 unspecified atom stereocenters. The standard InChI is InChI=1S/C18H21N3O2/c1-13-4-3-5-17(10-13)23-16-6-8-21(9-7-16)18(22)15-11-19-14(2)20-12-15/h3-5,10-12,16H,6-9H2,1-2H3. The molecule has 0 spiro atoms. The lowest BCUT2D eigenvalue weighted by Crippen LogP contribution is -2.41. The lowest BCUT2D eigenvalue weighted by molar-refractivity contribution is 0.0594. The first-order valence-corrected chi connectivity index (χ1v) is 7.93. The number of benzene rings is 1. The van der Waals surface area contributed by atoms with E-state index in [1.165, 1.54) is 5.56 Å². The summed E-state index contributed by atoms with van der Waals surface area (Å²) in [7, 11) is 0. The number of nitrogens with zero attached hydrogens (tertiary/aromatic N) is 3. The number of rotatable bonds is 3. The van der Waals surface area contributed by atoms with E-state index in [0.29, 0.717) is 24.5 Å². The Morgan fingerprint density at radius 2 is 1.87 bits per heavy atom. The zero-order valence-electron chi connectivity index (χ0n) is 13.5. The van der Waals surface area contributed by atoms with Crippen molar-refractivity contribution in [2.24, 2.45) is 0 Å². The second kappa shape index (κ2) is 6.77. The fraction of sp³-hybridized carbons (Fsp3) is 0.389. The molecule has 1 aliphatic rings. The molecule has 0 aliphatic carbocycles. The molecule has 2 aromatic rings. The van der Waals surface area contributed by atoms with Crippen LogP contribution in [0.15, 0.2) is 36.7 Å². The molecule has 1 amide bonds. The number of likely N-dealkylation sites (tertiary alicyclic amines) is 1. The average Bonchev–Trinajstić information content (AvgIpc) is 2.56. The normalized spacial score (nSPS) is 15.5. The SMILES string of the molecule is Cc1cccc(OC2CCN(C(=O)c3cnc(C)nc3)CC2)c1. The number of carbonyl (C=O) groups is 1. The second-order valence-corrected chi connectivity index (χ2v) is 5.94. The van der Waals surface area contributed by atoms with E-state index in [1.54, 1.807) is 12.4 Å². The molecule has 1 aromatic heterocycles. The third-order valence-corrected chi connectivity index (χ3v) is 4.05. The number of amides is 1. The van der Waals surface area contributed by atoms with Gasteiger partial charge in [0.1, 0.15) is 17.7 Å². The first-order chi connectivity index (χ1) is 11.1. The Balaban J connectivity index is 1.55. The van der Waals surface area contributed by atoms with Gasteiger partial charge in [-0.05, 0) is 31.5 Å². The van der Waals surface area contributed by atoms with Gasteiger partial charge in [-0.25, -0.2) is 9.97 Å². The first kappa shape index (κ1) is 15.5. The van der Waals surface area contributed by atoms with Gasteiger partial charge in [-0.3, -0.25) is 4.79 Å². The van der Waals surface area contributed by atoms with Crippen LogP contribution in [0.2, 0.25) is 0 Å². The van der Waals surface area contributed by atoms with Gasteiger partial charge < -0.3 is 9.64 Å². The maximum atomic E-state index is 12.4. The van der Waals surface area contributed by atoms with Crippen LogP contribution >= 0.6 is 0 Å². The van der Waals surface area contributed by atoms with E-state index >= 15 is 0 Å². The molecule has 23 heavy (non-hydrogen) atoms. The molecular weight excluding hydrogens is 290 g/mol. The number of hydrogen-bond acceptors (Lipinski definition) is 4. The summed E-state index contributed by atoms with van der Waals surface area (Å²) in [5.74, 6) is 1.58. The minimum Gasteiger partial charge on any atom is -0.490 e. The van der Waals surface area contributed by atoms with Crippen molar-refractivity contribution in [2.45, 2.75) is 32.8 Å². The molecule has 1 aromatic carbocycles. The maximum Gasteiger partial charge on any atom is 0.256 e. The quantitative estimate of drug-likeness (QED) is 0.874. The predicted octanol–water partition coefficient (Wildman–Crippen LogP) is 2.78. The summed E-state index contributed by atoms with van der Waals surface area (Å²) < 4.78 is 6.02. The van der Waals surface area contributed by atoms with Gasteiger partial charge in [0.25, 0.3) is 5.91 Å². The van der Waals surface area contributed by atoms with E-state index in [0.717, 1.165) is 18.6 Å². The van der Waals surface area contributed by atoms with Crippen LogP contribution in [0.3, 0.4) is 0 Å². The highest BCUT2D eigenvalue weighted by Crippen LogP contribution is 2.20. The Kier molecular flexibility index (Phi) is 4.55. The smallest absolute Gasteiger partial charge is 0.256 e.